The molecule has 0 spiro atoms. The predicted octanol–water partition coefficient (Wildman–Crippen LogP) is -1.15. The third-order valence-electron chi connectivity index (χ3n) is 0. The summed E-state index contributed by atoms with van der Waals surface area (Å²) in [5.41, 5.74) is 0. The molecule has 0 aliphatic carbocycles. The van der Waals surface area contributed by atoms with E-state index in [0.717, 1.165) is 0 Å². The molecule has 0 N–H and O–H groups in total. The van der Waals surface area contributed by atoms with Crippen molar-refractivity contribution < 1.29 is 56.5 Å². The summed E-state index contributed by atoms with van der Waals surface area (Å²) in [5.74, 6) is 0. The second kappa shape index (κ2) is 31.7. The largest absolute Gasteiger partial charge is 0 e. The zero-order valence-electron chi connectivity index (χ0n) is 3.55. The van der Waals surface area contributed by atoms with E-state index in [1.165, 1.54) is 0 Å². The van der Waals surface area contributed by atoms with Crippen LogP contribution in [0.25, 0.3) is 0 Å². The molecule has 0 aliphatic heterocycles. The van der Waals surface area contributed by atoms with Gasteiger partial charge in [0.2, 0.25) is 0 Å². The fourth-order valence-corrected chi connectivity index (χ4v) is 0. The van der Waals surface area contributed by atoms with E-state index in [9.17, 15) is 0 Å². The molecular weight excluding hydrogens is 483 g/mol. The van der Waals surface area contributed by atoms with Crippen molar-refractivity contribution >= 4 is 107 Å². The second-order valence-corrected chi connectivity index (χ2v) is 0. The quantitative estimate of drug-likeness (QED) is 0.382. The zero-order chi connectivity index (χ0) is 0. The first-order valence-electron chi connectivity index (χ1n) is 0. The first-order valence-corrected chi connectivity index (χ1v) is 0. The van der Waals surface area contributed by atoms with Crippen molar-refractivity contribution in [2.45, 2.75) is 0 Å². The SMILES string of the molecule is [Bi].[Cu].[Fe].[K].[Na].[Nb]. The molecule has 0 aliphatic rings. The molecule has 0 saturated heterocycles. The van der Waals surface area contributed by atoms with Crippen molar-refractivity contribution in [2.24, 2.45) is 0 Å². The van der Waals surface area contributed by atoms with E-state index in [2.05, 4.69) is 0 Å². The predicted molar refractivity (Wildman–Crippen MR) is 17.3 cm³/mol. The molecule has 6 heavy (non-hydrogen) atoms. The van der Waals surface area contributed by atoms with Crippen LogP contribution in [-0.2, 0) is 56.5 Å². The topological polar surface area (TPSA) is 0 Å². The van der Waals surface area contributed by atoms with Crippen molar-refractivity contribution in [3.63, 3.8) is 0 Å². The maximum atomic E-state index is 0. The van der Waals surface area contributed by atoms with Gasteiger partial charge in [0.25, 0.3) is 0 Å². The Bertz CT molecular complexity index is 15.5. The Kier molecular flexibility index (Phi) is 226. The van der Waals surface area contributed by atoms with Gasteiger partial charge in [-0.2, -0.15) is 0 Å². The van der Waals surface area contributed by atoms with Gasteiger partial charge in [-0.15, -0.1) is 0 Å². The molecule has 0 rings (SSSR count). The van der Waals surface area contributed by atoms with Gasteiger partial charge in [-0.3, -0.25) is 0 Å². The maximum Gasteiger partial charge on any atom is 0 e. The summed E-state index contributed by atoms with van der Waals surface area (Å²) in [5, 5.41) is 0. The standard InChI is InChI=1S/Bi.Cu.Fe.K.Na.Nb. The van der Waals surface area contributed by atoms with Gasteiger partial charge in [-0.25, -0.2) is 0 Å². The minimum absolute atomic E-state index is 0. The van der Waals surface area contributed by atoms with Crippen LogP contribution in [0.4, 0.5) is 0 Å². The maximum absolute atomic E-state index is 0. The molecule has 0 saturated carbocycles. The summed E-state index contributed by atoms with van der Waals surface area (Å²) in [7, 11) is 0. The van der Waals surface area contributed by atoms with Crippen LogP contribution in [0.15, 0.2) is 0 Å². The molecule has 0 heterocycles. The molecule has 0 aromatic rings. The average molecular weight is 483 g/mol. The Morgan fingerprint density at radius 3 is 1.00 bits per heavy atom. The molecule has 0 bridgehead atoms. The Balaban J connectivity index is 0. The monoisotopic (exact) mass is 483 g/mol. The van der Waals surface area contributed by atoms with E-state index >= 15 is 0 Å². The molecule has 0 fully saturated rings. The van der Waals surface area contributed by atoms with E-state index in [1.807, 2.05) is 0 Å². The molecule has 0 nitrogen and oxygen atoms in total. The normalized spacial score (nSPS) is 0. The summed E-state index contributed by atoms with van der Waals surface area (Å²) in [6.45, 7) is 0. The van der Waals surface area contributed by atoms with Crippen LogP contribution in [0, 0.1) is 0 Å². The smallest absolute Gasteiger partial charge is 0 e. The van der Waals surface area contributed by atoms with Crippen molar-refractivity contribution in [3.05, 3.63) is 0 Å². The van der Waals surface area contributed by atoms with E-state index in [4.69, 9.17) is 0 Å². The summed E-state index contributed by atoms with van der Waals surface area (Å²) < 4.78 is 0. The molecule has 0 aromatic heterocycles. The van der Waals surface area contributed by atoms with Crippen LogP contribution in [0.1, 0.15) is 0 Å². The van der Waals surface area contributed by atoms with Gasteiger partial charge in [0.15, 0.2) is 0 Å². The first-order chi connectivity index (χ1) is 0. The van der Waals surface area contributed by atoms with Gasteiger partial charge in [0.05, 0.1) is 0 Å². The van der Waals surface area contributed by atoms with Crippen LogP contribution >= 0.6 is 0 Å². The molecule has 0 unspecified atom stereocenters. The van der Waals surface area contributed by atoms with Crippen LogP contribution in [0.2, 0.25) is 0 Å². The fraction of sp³-hybridized carbons (Fsp3) is 0. The molecular formula is BiCuFeKNaNb. The summed E-state index contributed by atoms with van der Waals surface area (Å²) in [6.07, 6.45) is 0. The number of hydrogen-bond acceptors (Lipinski definition) is 0. The van der Waals surface area contributed by atoms with Crippen LogP contribution in [0.5, 0.6) is 0 Å². The zero-order valence-corrected chi connectivity index (χ0v) is 16.4. The summed E-state index contributed by atoms with van der Waals surface area (Å²) >= 11 is 0. The van der Waals surface area contributed by atoms with E-state index in [-0.39, 0.29) is 164 Å². The number of hydrogen-bond donors (Lipinski definition) is 0. The summed E-state index contributed by atoms with van der Waals surface area (Å²) in [4.78, 5) is 0. The molecule has 31 valence electrons. The van der Waals surface area contributed by atoms with Gasteiger partial charge in [0.1, 0.15) is 0 Å². The van der Waals surface area contributed by atoms with E-state index < -0.39 is 0 Å². The Labute approximate surface area is 159 Å². The third-order valence-corrected chi connectivity index (χ3v) is 0. The van der Waals surface area contributed by atoms with Crippen molar-refractivity contribution in [2.75, 3.05) is 0 Å². The Hall–Kier alpha value is 5.30. The Morgan fingerprint density at radius 2 is 1.00 bits per heavy atom. The van der Waals surface area contributed by atoms with Crippen LogP contribution in [0.3, 0.4) is 0 Å². The minimum Gasteiger partial charge on any atom is 0 e. The van der Waals surface area contributed by atoms with Gasteiger partial charge in [0, 0.05) is 164 Å². The summed E-state index contributed by atoms with van der Waals surface area (Å²) in [6, 6.07) is 0. The van der Waals surface area contributed by atoms with Crippen LogP contribution < -0.4 is 0 Å². The molecule has 7 radical (unpaired) electrons. The van der Waals surface area contributed by atoms with Crippen molar-refractivity contribution in [3.8, 4) is 0 Å². The minimum atomic E-state index is 0. The fourth-order valence-electron chi connectivity index (χ4n) is 0. The van der Waals surface area contributed by atoms with Gasteiger partial charge >= 0.3 is 0 Å². The van der Waals surface area contributed by atoms with Gasteiger partial charge in [-0.1, -0.05) is 0 Å². The Morgan fingerprint density at radius 1 is 1.00 bits per heavy atom. The molecule has 0 aromatic carbocycles. The average Bonchev–Trinajstić information content (AvgIpc) is 0. The van der Waals surface area contributed by atoms with Crippen LogP contribution in [-0.4, -0.2) is 107 Å². The molecule has 6 heteroatoms. The second-order valence-electron chi connectivity index (χ2n) is 0. The molecule has 0 amide bonds. The van der Waals surface area contributed by atoms with E-state index in [0.29, 0.717) is 0 Å². The third kappa shape index (κ3) is 22.8. The number of rotatable bonds is 0. The van der Waals surface area contributed by atoms with Crippen molar-refractivity contribution in [1.82, 2.24) is 0 Å². The molecule has 0 atom stereocenters. The van der Waals surface area contributed by atoms with E-state index in [1.54, 1.807) is 0 Å². The van der Waals surface area contributed by atoms with Gasteiger partial charge < -0.3 is 0 Å². The van der Waals surface area contributed by atoms with Gasteiger partial charge in [-0.05, 0) is 0 Å². The first kappa shape index (κ1) is 42.7. The van der Waals surface area contributed by atoms with Crippen molar-refractivity contribution in [1.29, 1.82) is 0 Å².